The molecule has 3 nitrogen and oxygen atoms in total. The Morgan fingerprint density at radius 2 is 2.06 bits per heavy atom. The van der Waals surface area contributed by atoms with Gasteiger partial charge in [0.15, 0.2) is 9.84 Å². The van der Waals surface area contributed by atoms with Gasteiger partial charge in [-0.25, -0.2) is 12.8 Å². The third kappa shape index (κ3) is 3.28. The van der Waals surface area contributed by atoms with Crippen LogP contribution in [-0.4, -0.2) is 27.8 Å². The lowest BCUT2D eigenvalue weighted by Gasteiger charge is -2.07. The highest BCUT2D eigenvalue weighted by atomic mass is 32.2. The third-order valence-corrected chi connectivity index (χ3v) is 4.27. The highest BCUT2D eigenvalue weighted by molar-refractivity contribution is 7.91. The quantitative estimate of drug-likeness (QED) is 0.632. The molecular formula is C11H16FNO2S. The molecule has 90 valence electrons. The van der Waals surface area contributed by atoms with Crippen molar-refractivity contribution < 1.29 is 12.8 Å². The van der Waals surface area contributed by atoms with Crippen LogP contribution < -0.4 is 5.32 Å². The molecule has 0 bridgehead atoms. The monoisotopic (exact) mass is 245 g/mol. The molecule has 0 unspecified atom stereocenters. The predicted octanol–water partition coefficient (Wildman–Crippen LogP) is 1.52. The molecule has 1 N–H and O–H groups in total. The molecular weight excluding hydrogens is 229 g/mol. The van der Waals surface area contributed by atoms with E-state index in [1.807, 2.05) is 0 Å². The molecule has 1 aromatic rings. The number of aryl methyl sites for hydroxylation is 1. The molecule has 0 amide bonds. The molecule has 1 aromatic carbocycles. The van der Waals surface area contributed by atoms with E-state index in [1.165, 1.54) is 18.2 Å². The minimum Gasteiger partial charge on any atom is -0.320 e. The van der Waals surface area contributed by atoms with Gasteiger partial charge in [-0.15, -0.1) is 0 Å². The van der Waals surface area contributed by atoms with E-state index in [4.69, 9.17) is 0 Å². The molecule has 0 heterocycles. The Labute approximate surface area is 95.6 Å². The summed E-state index contributed by atoms with van der Waals surface area (Å²) in [6.45, 7) is 2.26. The summed E-state index contributed by atoms with van der Waals surface area (Å²) in [5.41, 5.74) is 0.462. The molecule has 0 spiro atoms. The topological polar surface area (TPSA) is 46.2 Å². The first kappa shape index (κ1) is 13.1. The van der Waals surface area contributed by atoms with Gasteiger partial charge in [-0.1, -0.05) is 0 Å². The van der Waals surface area contributed by atoms with Crippen LogP contribution in [0.3, 0.4) is 0 Å². The number of nitrogens with one attached hydrogen (secondary N) is 1. The van der Waals surface area contributed by atoms with E-state index in [0.29, 0.717) is 18.5 Å². The Morgan fingerprint density at radius 3 is 2.62 bits per heavy atom. The van der Waals surface area contributed by atoms with Crippen molar-refractivity contribution >= 4 is 9.84 Å². The largest absolute Gasteiger partial charge is 0.320 e. The van der Waals surface area contributed by atoms with Gasteiger partial charge >= 0.3 is 0 Å². The maximum absolute atomic E-state index is 12.8. The van der Waals surface area contributed by atoms with Crippen molar-refractivity contribution in [1.29, 1.82) is 0 Å². The summed E-state index contributed by atoms with van der Waals surface area (Å²) in [5.74, 6) is -0.327. The van der Waals surface area contributed by atoms with Gasteiger partial charge in [-0.3, -0.25) is 0 Å². The first-order chi connectivity index (χ1) is 7.47. The van der Waals surface area contributed by atoms with Crippen molar-refractivity contribution in [3.05, 3.63) is 29.6 Å². The van der Waals surface area contributed by atoms with E-state index >= 15 is 0 Å². The molecule has 0 saturated carbocycles. The Balaban J connectivity index is 2.90. The van der Waals surface area contributed by atoms with Gasteiger partial charge in [0.2, 0.25) is 0 Å². The van der Waals surface area contributed by atoms with Crippen LogP contribution in [0.15, 0.2) is 23.1 Å². The summed E-state index contributed by atoms with van der Waals surface area (Å²) in [6.07, 6.45) is 0.551. The first-order valence-electron chi connectivity index (χ1n) is 5.11. The molecule has 0 aromatic heterocycles. The summed E-state index contributed by atoms with van der Waals surface area (Å²) in [7, 11) is -1.51. The first-order valence-corrected chi connectivity index (χ1v) is 6.76. The van der Waals surface area contributed by atoms with Crippen molar-refractivity contribution in [3.63, 3.8) is 0 Å². The summed E-state index contributed by atoms with van der Waals surface area (Å²) < 4.78 is 36.6. The van der Waals surface area contributed by atoms with Crippen LogP contribution in [-0.2, 0) is 9.84 Å². The Morgan fingerprint density at radius 1 is 1.38 bits per heavy atom. The highest BCUT2D eigenvalue weighted by Gasteiger charge is 2.16. The van der Waals surface area contributed by atoms with Gasteiger partial charge in [0.1, 0.15) is 5.82 Å². The van der Waals surface area contributed by atoms with Crippen LogP contribution >= 0.6 is 0 Å². The molecule has 0 aliphatic rings. The fourth-order valence-electron chi connectivity index (χ4n) is 1.51. The van der Waals surface area contributed by atoms with Crippen LogP contribution in [0.5, 0.6) is 0 Å². The third-order valence-electron chi connectivity index (χ3n) is 2.31. The summed E-state index contributed by atoms with van der Waals surface area (Å²) >= 11 is 0. The normalized spacial score (nSPS) is 11.7. The number of hydrogen-bond donors (Lipinski definition) is 1. The van der Waals surface area contributed by atoms with E-state index in [9.17, 15) is 12.8 Å². The van der Waals surface area contributed by atoms with Crippen molar-refractivity contribution in [3.8, 4) is 0 Å². The minimum atomic E-state index is -3.29. The van der Waals surface area contributed by atoms with Crippen molar-refractivity contribution in [2.24, 2.45) is 0 Å². The zero-order chi connectivity index (χ0) is 12.2. The lowest BCUT2D eigenvalue weighted by Crippen LogP contribution is -2.15. The van der Waals surface area contributed by atoms with Crippen molar-refractivity contribution in [2.45, 2.75) is 18.2 Å². The number of sulfone groups is 1. The van der Waals surface area contributed by atoms with E-state index in [2.05, 4.69) is 5.32 Å². The van der Waals surface area contributed by atoms with Crippen LogP contribution in [0.2, 0.25) is 0 Å². The number of halogens is 1. The van der Waals surface area contributed by atoms with E-state index in [0.717, 1.165) is 0 Å². The zero-order valence-electron chi connectivity index (χ0n) is 9.46. The summed E-state index contributed by atoms with van der Waals surface area (Å²) in [5, 5.41) is 2.89. The van der Waals surface area contributed by atoms with E-state index < -0.39 is 15.7 Å². The maximum atomic E-state index is 12.8. The lowest BCUT2D eigenvalue weighted by atomic mass is 10.2. The zero-order valence-corrected chi connectivity index (χ0v) is 10.3. The maximum Gasteiger partial charge on any atom is 0.178 e. The predicted molar refractivity (Wildman–Crippen MR) is 61.7 cm³/mol. The second-order valence-corrected chi connectivity index (χ2v) is 5.76. The lowest BCUT2D eigenvalue weighted by molar-refractivity contribution is 0.589. The van der Waals surface area contributed by atoms with Gasteiger partial charge in [0, 0.05) is 0 Å². The van der Waals surface area contributed by atoms with E-state index in [1.54, 1.807) is 14.0 Å². The molecule has 0 radical (unpaired) electrons. The van der Waals surface area contributed by atoms with Crippen LogP contribution in [0.25, 0.3) is 0 Å². The number of rotatable bonds is 5. The fourth-order valence-corrected chi connectivity index (χ4v) is 3.08. The molecule has 0 aliphatic heterocycles. The molecule has 0 atom stereocenters. The smallest absolute Gasteiger partial charge is 0.178 e. The fraction of sp³-hybridized carbons (Fsp3) is 0.455. The molecule has 5 heteroatoms. The standard InChI is InChI=1S/C11H16FNO2S/c1-9-8-10(12)4-5-11(9)16(14,15)7-3-6-13-2/h4-5,8,13H,3,6-7H2,1-2H3. The van der Waals surface area contributed by atoms with Gasteiger partial charge in [-0.05, 0) is 50.7 Å². The van der Waals surface area contributed by atoms with Crippen LogP contribution in [0, 0.1) is 12.7 Å². The second-order valence-electron chi connectivity index (χ2n) is 3.69. The van der Waals surface area contributed by atoms with Gasteiger partial charge in [-0.2, -0.15) is 0 Å². The van der Waals surface area contributed by atoms with E-state index in [-0.39, 0.29) is 10.6 Å². The Bertz CT molecular complexity index is 457. The Kier molecular flexibility index (Phi) is 4.44. The van der Waals surface area contributed by atoms with Gasteiger partial charge < -0.3 is 5.32 Å². The molecule has 0 fully saturated rings. The SMILES string of the molecule is CNCCCS(=O)(=O)c1ccc(F)cc1C. The van der Waals surface area contributed by atoms with Crippen LogP contribution in [0.4, 0.5) is 4.39 Å². The summed E-state index contributed by atoms with van der Waals surface area (Å²) in [4.78, 5) is 0.227. The molecule has 0 aliphatic carbocycles. The van der Waals surface area contributed by atoms with Gasteiger partial charge in [0.05, 0.1) is 10.6 Å². The van der Waals surface area contributed by atoms with Gasteiger partial charge in [0.25, 0.3) is 0 Å². The minimum absolute atomic E-state index is 0.0836. The second kappa shape index (κ2) is 5.41. The average molecular weight is 245 g/mol. The average Bonchev–Trinajstić information content (AvgIpc) is 2.17. The number of benzene rings is 1. The number of hydrogen-bond acceptors (Lipinski definition) is 3. The molecule has 16 heavy (non-hydrogen) atoms. The van der Waals surface area contributed by atoms with Crippen LogP contribution in [0.1, 0.15) is 12.0 Å². The Hall–Kier alpha value is -0.940. The van der Waals surface area contributed by atoms with Crippen molar-refractivity contribution in [2.75, 3.05) is 19.3 Å². The van der Waals surface area contributed by atoms with Crippen molar-refractivity contribution in [1.82, 2.24) is 5.32 Å². The highest BCUT2D eigenvalue weighted by Crippen LogP contribution is 2.18. The molecule has 0 saturated heterocycles. The molecule has 1 rings (SSSR count). The summed E-state index contributed by atoms with van der Waals surface area (Å²) in [6, 6.07) is 3.75.